The number of hydrogen-bond donors (Lipinski definition) is 0. The van der Waals surface area contributed by atoms with Crippen LogP contribution in [-0.4, -0.2) is 0 Å². The third kappa shape index (κ3) is 4.75. The van der Waals surface area contributed by atoms with E-state index in [4.69, 9.17) is 0 Å². The van der Waals surface area contributed by atoms with Gasteiger partial charge in [0.1, 0.15) is 0 Å². The van der Waals surface area contributed by atoms with Gasteiger partial charge >= 0.3 is 0 Å². The van der Waals surface area contributed by atoms with Crippen LogP contribution in [0.15, 0.2) is 176 Å². The van der Waals surface area contributed by atoms with Crippen LogP contribution in [0.2, 0.25) is 0 Å². The molecule has 0 N–H and O–H groups in total. The van der Waals surface area contributed by atoms with Crippen molar-refractivity contribution in [2.45, 2.75) is 56.8 Å². The fourth-order valence-corrected chi connectivity index (χ4v) is 13.8. The Morgan fingerprint density at radius 2 is 0.933 bits per heavy atom. The van der Waals surface area contributed by atoms with E-state index in [2.05, 4.69) is 195 Å². The lowest BCUT2D eigenvalue weighted by Gasteiger charge is -2.61. The monoisotopic (exact) mass is 771 g/mol. The second-order valence-electron chi connectivity index (χ2n) is 19.3. The van der Waals surface area contributed by atoms with Gasteiger partial charge in [-0.2, -0.15) is 0 Å². The van der Waals surface area contributed by atoms with Gasteiger partial charge in [0.25, 0.3) is 0 Å². The molecule has 0 saturated heterocycles. The number of nitrogens with zero attached hydrogens (tertiary/aromatic N) is 1. The van der Waals surface area contributed by atoms with E-state index in [9.17, 15) is 0 Å². The maximum Gasteiger partial charge on any atom is 0.0546 e. The second kappa shape index (κ2) is 12.7. The summed E-state index contributed by atoms with van der Waals surface area (Å²) < 4.78 is 0. The van der Waals surface area contributed by atoms with Gasteiger partial charge in [-0.25, -0.2) is 0 Å². The van der Waals surface area contributed by atoms with Crippen LogP contribution < -0.4 is 4.90 Å². The summed E-state index contributed by atoms with van der Waals surface area (Å²) in [6.45, 7) is 4.74. The van der Waals surface area contributed by atoms with Gasteiger partial charge in [-0.05, 0) is 164 Å². The first-order valence-electron chi connectivity index (χ1n) is 22.4. The van der Waals surface area contributed by atoms with Gasteiger partial charge in [-0.15, -0.1) is 0 Å². The lowest BCUT2D eigenvalue weighted by Crippen LogP contribution is -2.55. The topological polar surface area (TPSA) is 3.24 Å². The summed E-state index contributed by atoms with van der Waals surface area (Å²) >= 11 is 0. The summed E-state index contributed by atoms with van der Waals surface area (Å²) in [5.74, 6) is 3.40. The van der Waals surface area contributed by atoms with Crippen molar-refractivity contribution in [3.63, 3.8) is 0 Å². The molecular weight excluding hydrogens is 723 g/mol. The molecule has 4 fully saturated rings. The molecule has 290 valence electrons. The highest BCUT2D eigenvalue weighted by Crippen LogP contribution is 2.69. The van der Waals surface area contributed by atoms with Crippen molar-refractivity contribution in [1.29, 1.82) is 0 Å². The van der Waals surface area contributed by atoms with E-state index in [0.717, 1.165) is 29.4 Å². The number of fused-ring (bicyclic) bond motifs is 7. The molecule has 0 radical (unpaired) electrons. The molecule has 0 heterocycles. The van der Waals surface area contributed by atoms with Gasteiger partial charge in [0, 0.05) is 27.6 Å². The minimum absolute atomic E-state index is 0.0549. The van der Waals surface area contributed by atoms with E-state index in [1.54, 1.807) is 11.1 Å². The molecule has 1 nitrogen and oxygen atoms in total. The van der Waals surface area contributed by atoms with Gasteiger partial charge in [0.05, 0.1) is 5.69 Å². The summed E-state index contributed by atoms with van der Waals surface area (Å²) in [5.41, 5.74) is 20.3. The lowest BCUT2D eigenvalue weighted by molar-refractivity contribution is -0.0399. The fourth-order valence-electron chi connectivity index (χ4n) is 13.8. The summed E-state index contributed by atoms with van der Waals surface area (Å²) in [4.78, 5) is 2.51. The normalized spacial score (nSPS) is 23.4. The van der Waals surface area contributed by atoms with E-state index in [1.165, 1.54) is 110 Å². The quantitative estimate of drug-likeness (QED) is 0.168. The molecule has 8 aromatic carbocycles. The Labute approximate surface area is 354 Å². The summed E-state index contributed by atoms with van der Waals surface area (Å²) in [7, 11) is 0. The number of rotatable bonds is 5. The van der Waals surface area contributed by atoms with Gasteiger partial charge in [-0.1, -0.05) is 153 Å². The maximum absolute atomic E-state index is 2.58. The molecule has 1 spiro atoms. The van der Waals surface area contributed by atoms with Crippen molar-refractivity contribution >= 4 is 27.8 Å². The first kappa shape index (κ1) is 34.7. The SMILES string of the molecule is CC1(C)c2ccccc2-c2cc(N(c3ccc(-c4ccccc4)cc3)c3cccc4cccc(-c5ccc6c(c5)-c5ccccc5C65C6CC7CC(C6)CC5C7)c34)ccc21. The molecule has 14 rings (SSSR count). The van der Waals surface area contributed by atoms with Crippen LogP contribution in [-0.2, 0) is 10.8 Å². The predicted octanol–water partition coefficient (Wildman–Crippen LogP) is 15.7. The second-order valence-corrected chi connectivity index (χ2v) is 19.3. The molecule has 60 heavy (non-hydrogen) atoms. The highest BCUT2D eigenvalue weighted by molar-refractivity contribution is 6.08. The van der Waals surface area contributed by atoms with Crippen LogP contribution in [0.1, 0.15) is 68.2 Å². The van der Waals surface area contributed by atoms with Crippen LogP contribution in [0.3, 0.4) is 0 Å². The zero-order chi connectivity index (χ0) is 39.7. The van der Waals surface area contributed by atoms with E-state index < -0.39 is 0 Å². The summed E-state index contributed by atoms with van der Waals surface area (Å²) in [6, 6.07) is 67.1. The van der Waals surface area contributed by atoms with Crippen LogP contribution in [0, 0.1) is 23.7 Å². The molecule has 0 aromatic heterocycles. The Kier molecular flexibility index (Phi) is 7.32. The van der Waals surface area contributed by atoms with Crippen molar-refractivity contribution in [3.8, 4) is 44.5 Å². The van der Waals surface area contributed by atoms with E-state index in [1.807, 2.05) is 0 Å². The molecule has 0 aliphatic heterocycles. The van der Waals surface area contributed by atoms with Gasteiger partial charge in [-0.3, -0.25) is 0 Å². The molecule has 6 aliphatic rings. The van der Waals surface area contributed by atoms with Crippen molar-refractivity contribution in [3.05, 3.63) is 198 Å². The molecule has 0 atom stereocenters. The Bertz CT molecular complexity index is 2990. The average Bonchev–Trinajstić information content (AvgIpc) is 3.71. The minimum Gasteiger partial charge on any atom is -0.310 e. The summed E-state index contributed by atoms with van der Waals surface area (Å²) in [5, 5.41) is 2.53. The van der Waals surface area contributed by atoms with E-state index in [-0.39, 0.29) is 10.8 Å². The van der Waals surface area contributed by atoms with Crippen molar-refractivity contribution in [2.75, 3.05) is 4.90 Å². The van der Waals surface area contributed by atoms with Crippen LogP contribution in [0.4, 0.5) is 17.1 Å². The maximum atomic E-state index is 2.58. The fraction of sp³-hybridized carbons (Fsp3) is 0.220. The highest BCUT2D eigenvalue weighted by Gasteiger charge is 2.61. The van der Waals surface area contributed by atoms with Crippen molar-refractivity contribution < 1.29 is 0 Å². The van der Waals surface area contributed by atoms with Gasteiger partial charge in [0.15, 0.2) is 0 Å². The summed E-state index contributed by atoms with van der Waals surface area (Å²) in [6.07, 6.45) is 7.10. The molecular formula is C59H49N. The molecule has 4 bridgehead atoms. The predicted molar refractivity (Wildman–Crippen MR) is 250 cm³/mol. The molecule has 4 saturated carbocycles. The Hall–Kier alpha value is -6.18. The Balaban J connectivity index is 1.01. The first-order chi connectivity index (χ1) is 29.5. The van der Waals surface area contributed by atoms with E-state index >= 15 is 0 Å². The standard InChI is InChI=1S/C59H49N/c1-58(2)52-19-8-6-16-48(52)51-36-46(27-29-53(51)58)60(45-25-22-40(23-26-45)39-12-4-3-5-13-39)56-21-11-15-41-14-10-18-47(57(41)56)42-24-28-55-50(35-42)49-17-7-9-20-54(49)59(55)43-31-37-30-38(33-43)34-44(59)32-37/h3-29,35-38,43-44H,30-34H2,1-2H3. The molecule has 0 amide bonds. The zero-order valence-electron chi connectivity index (χ0n) is 34.5. The Morgan fingerprint density at radius 3 is 1.68 bits per heavy atom. The highest BCUT2D eigenvalue weighted by atomic mass is 15.1. The smallest absolute Gasteiger partial charge is 0.0546 e. The van der Waals surface area contributed by atoms with Gasteiger partial charge < -0.3 is 4.90 Å². The molecule has 1 heteroatoms. The first-order valence-corrected chi connectivity index (χ1v) is 22.4. The van der Waals surface area contributed by atoms with Crippen molar-refractivity contribution in [1.82, 2.24) is 0 Å². The molecule has 8 aromatic rings. The number of anilines is 3. The third-order valence-electron chi connectivity index (χ3n) is 16.0. The minimum atomic E-state index is -0.0549. The number of hydrogen-bond acceptors (Lipinski definition) is 1. The Morgan fingerprint density at radius 1 is 0.400 bits per heavy atom. The van der Waals surface area contributed by atoms with Crippen LogP contribution >= 0.6 is 0 Å². The van der Waals surface area contributed by atoms with Crippen LogP contribution in [0.25, 0.3) is 55.3 Å². The largest absolute Gasteiger partial charge is 0.310 e. The molecule has 6 aliphatic carbocycles. The number of benzene rings is 8. The van der Waals surface area contributed by atoms with Gasteiger partial charge in [0.2, 0.25) is 0 Å². The molecule has 0 unspecified atom stereocenters. The average molecular weight is 772 g/mol. The lowest BCUT2D eigenvalue weighted by atomic mass is 9.43. The van der Waals surface area contributed by atoms with Crippen LogP contribution in [0.5, 0.6) is 0 Å². The zero-order valence-corrected chi connectivity index (χ0v) is 34.5. The third-order valence-corrected chi connectivity index (χ3v) is 16.0. The van der Waals surface area contributed by atoms with E-state index in [0.29, 0.717) is 0 Å². The van der Waals surface area contributed by atoms with Crippen molar-refractivity contribution in [2.24, 2.45) is 23.7 Å².